The summed E-state index contributed by atoms with van der Waals surface area (Å²) in [6, 6.07) is 0. The largest absolute Gasteiger partial charge is 0.369 e. The lowest BCUT2D eigenvalue weighted by atomic mass is 10.4. The highest BCUT2D eigenvalue weighted by Gasteiger charge is 2.60. The highest BCUT2D eigenvalue weighted by molar-refractivity contribution is 5.80. The standard InChI is InChI=1S/C4H5F2NO/c5-4(6)1-2(4)3(7)8/h2H,1H2,(H2,7,8)/t2-/m1/s1. The van der Waals surface area contributed by atoms with Crippen LogP contribution < -0.4 is 5.73 Å². The third kappa shape index (κ3) is 0.657. The van der Waals surface area contributed by atoms with Crippen LogP contribution in [0.3, 0.4) is 0 Å². The van der Waals surface area contributed by atoms with Crippen molar-refractivity contribution in [2.45, 2.75) is 12.3 Å². The Bertz CT molecular complexity index is 134. The maximum absolute atomic E-state index is 11.7. The fourth-order valence-electron chi connectivity index (χ4n) is 0.522. The molecule has 0 heterocycles. The summed E-state index contributed by atoms with van der Waals surface area (Å²) in [6.07, 6.45) is -0.359. The van der Waals surface area contributed by atoms with E-state index >= 15 is 0 Å². The topological polar surface area (TPSA) is 43.1 Å². The van der Waals surface area contributed by atoms with Gasteiger partial charge in [-0.05, 0) is 0 Å². The van der Waals surface area contributed by atoms with Crippen molar-refractivity contribution in [3.05, 3.63) is 0 Å². The summed E-state index contributed by atoms with van der Waals surface area (Å²) in [6.45, 7) is 0. The van der Waals surface area contributed by atoms with E-state index in [-0.39, 0.29) is 6.42 Å². The van der Waals surface area contributed by atoms with Crippen LogP contribution in [0.1, 0.15) is 6.42 Å². The molecule has 1 saturated carbocycles. The number of rotatable bonds is 1. The second-order valence-electron chi connectivity index (χ2n) is 1.92. The number of carbonyl (C=O) groups excluding carboxylic acids is 1. The minimum atomic E-state index is -2.79. The van der Waals surface area contributed by atoms with Gasteiger partial charge in [-0.25, -0.2) is 8.78 Å². The molecule has 4 heteroatoms. The fourth-order valence-corrected chi connectivity index (χ4v) is 0.522. The molecule has 1 amide bonds. The first-order valence-corrected chi connectivity index (χ1v) is 2.21. The molecule has 0 unspecified atom stereocenters. The number of amides is 1. The number of hydrogen-bond acceptors (Lipinski definition) is 1. The van der Waals surface area contributed by atoms with Gasteiger partial charge in [-0.3, -0.25) is 4.79 Å². The minimum Gasteiger partial charge on any atom is -0.369 e. The number of hydrogen-bond donors (Lipinski definition) is 1. The summed E-state index contributed by atoms with van der Waals surface area (Å²) in [5, 5.41) is 0. The molecule has 1 atom stereocenters. The van der Waals surface area contributed by atoms with Crippen LogP contribution in [0.5, 0.6) is 0 Å². The summed E-state index contributed by atoms with van der Waals surface area (Å²) in [5.41, 5.74) is 4.55. The van der Waals surface area contributed by atoms with Gasteiger partial charge in [0, 0.05) is 6.42 Å². The van der Waals surface area contributed by atoms with E-state index in [1.54, 1.807) is 0 Å². The van der Waals surface area contributed by atoms with Gasteiger partial charge < -0.3 is 5.73 Å². The van der Waals surface area contributed by atoms with Crippen LogP contribution in [-0.4, -0.2) is 11.8 Å². The number of carbonyl (C=O) groups is 1. The molecule has 0 radical (unpaired) electrons. The summed E-state index contributed by atoms with van der Waals surface area (Å²) in [7, 11) is 0. The van der Waals surface area contributed by atoms with Gasteiger partial charge in [0.05, 0.1) is 0 Å². The summed E-state index contributed by atoms with van der Waals surface area (Å²) >= 11 is 0. The van der Waals surface area contributed by atoms with Crippen molar-refractivity contribution in [3.8, 4) is 0 Å². The minimum absolute atomic E-state index is 0.359. The molecule has 0 aromatic heterocycles. The second kappa shape index (κ2) is 1.18. The molecule has 1 fully saturated rings. The van der Waals surface area contributed by atoms with Gasteiger partial charge in [-0.15, -0.1) is 0 Å². The number of alkyl halides is 2. The Labute approximate surface area is 44.7 Å². The molecule has 1 aliphatic carbocycles. The van der Waals surface area contributed by atoms with E-state index in [0.717, 1.165) is 0 Å². The van der Waals surface area contributed by atoms with Crippen molar-refractivity contribution < 1.29 is 13.6 Å². The molecule has 1 aliphatic rings. The smallest absolute Gasteiger partial charge is 0.260 e. The van der Waals surface area contributed by atoms with Gasteiger partial charge in [0.15, 0.2) is 0 Å². The lowest BCUT2D eigenvalue weighted by Gasteiger charge is -1.87. The molecule has 8 heavy (non-hydrogen) atoms. The first kappa shape index (κ1) is 5.47. The van der Waals surface area contributed by atoms with E-state index in [9.17, 15) is 13.6 Å². The average Bonchev–Trinajstić information content (AvgIpc) is 2.13. The summed E-state index contributed by atoms with van der Waals surface area (Å²) in [5.74, 6) is -4.86. The van der Waals surface area contributed by atoms with Crippen molar-refractivity contribution in [1.29, 1.82) is 0 Å². The Hall–Kier alpha value is -0.670. The van der Waals surface area contributed by atoms with E-state index in [2.05, 4.69) is 5.73 Å². The van der Waals surface area contributed by atoms with Crippen LogP contribution >= 0.6 is 0 Å². The Balaban J connectivity index is 2.48. The predicted molar refractivity (Wildman–Crippen MR) is 22.2 cm³/mol. The number of nitrogens with two attached hydrogens (primary N) is 1. The molecule has 2 nitrogen and oxygen atoms in total. The molecule has 2 N–H and O–H groups in total. The van der Waals surface area contributed by atoms with Gasteiger partial charge in [0.1, 0.15) is 5.92 Å². The maximum Gasteiger partial charge on any atom is 0.260 e. The highest BCUT2D eigenvalue weighted by atomic mass is 19.3. The molecule has 1 rings (SSSR count). The van der Waals surface area contributed by atoms with Crippen LogP contribution in [0.4, 0.5) is 8.78 Å². The average molecular weight is 121 g/mol. The van der Waals surface area contributed by atoms with Crippen LogP contribution in [0, 0.1) is 5.92 Å². The zero-order chi connectivity index (χ0) is 6.36. The van der Waals surface area contributed by atoms with Gasteiger partial charge in [-0.1, -0.05) is 0 Å². The third-order valence-electron chi connectivity index (χ3n) is 1.17. The number of halogens is 2. The monoisotopic (exact) mass is 121 g/mol. The van der Waals surface area contributed by atoms with Crippen molar-refractivity contribution in [1.82, 2.24) is 0 Å². The van der Waals surface area contributed by atoms with Crippen LogP contribution in [0.2, 0.25) is 0 Å². The lowest BCUT2D eigenvalue weighted by molar-refractivity contribution is -0.121. The van der Waals surface area contributed by atoms with Gasteiger partial charge in [0.25, 0.3) is 5.92 Å². The zero-order valence-electron chi connectivity index (χ0n) is 4.03. The van der Waals surface area contributed by atoms with Crippen molar-refractivity contribution in [2.75, 3.05) is 0 Å². The molecule has 0 saturated heterocycles. The van der Waals surface area contributed by atoms with Crippen LogP contribution in [0.25, 0.3) is 0 Å². The first-order valence-electron chi connectivity index (χ1n) is 2.21. The lowest BCUT2D eigenvalue weighted by Crippen LogP contribution is -2.16. The molecule has 0 spiro atoms. The quantitative estimate of drug-likeness (QED) is 0.526. The molecule has 46 valence electrons. The van der Waals surface area contributed by atoms with Crippen molar-refractivity contribution >= 4 is 5.91 Å². The fraction of sp³-hybridized carbons (Fsp3) is 0.750. The van der Waals surface area contributed by atoms with E-state index < -0.39 is 17.7 Å². The molecule has 0 aromatic carbocycles. The van der Waals surface area contributed by atoms with E-state index in [1.165, 1.54) is 0 Å². The van der Waals surface area contributed by atoms with Crippen molar-refractivity contribution in [3.63, 3.8) is 0 Å². The first-order chi connectivity index (χ1) is 3.54. The maximum atomic E-state index is 11.7. The SMILES string of the molecule is NC(=O)[C@H]1CC1(F)F. The molecule has 0 bridgehead atoms. The number of primary amides is 1. The van der Waals surface area contributed by atoms with Gasteiger partial charge in [0.2, 0.25) is 5.91 Å². The Morgan fingerprint density at radius 2 is 2.12 bits per heavy atom. The summed E-state index contributed by atoms with van der Waals surface area (Å²) in [4.78, 5) is 9.92. The zero-order valence-corrected chi connectivity index (χ0v) is 4.03. The highest BCUT2D eigenvalue weighted by Crippen LogP contribution is 2.48. The molecule has 0 aliphatic heterocycles. The summed E-state index contributed by atoms with van der Waals surface area (Å²) < 4.78 is 23.5. The van der Waals surface area contributed by atoms with Gasteiger partial charge >= 0.3 is 0 Å². The Morgan fingerprint density at radius 1 is 1.75 bits per heavy atom. The van der Waals surface area contributed by atoms with Crippen LogP contribution in [0.15, 0.2) is 0 Å². The second-order valence-corrected chi connectivity index (χ2v) is 1.92. The molecule has 0 aromatic rings. The molecular formula is C4H5F2NO. The van der Waals surface area contributed by atoms with E-state index in [4.69, 9.17) is 0 Å². The van der Waals surface area contributed by atoms with E-state index in [1.807, 2.05) is 0 Å². The van der Waals surface area contributed by atoms with Gasteiger partial charge in [-0.2, -0.15) is 0 Å². The predicted octanol–water partition coefficient (Wildman–Crippen LogP) is 0.127. The Kier molecular flexibility index (Phi) is 0.808. The van der Waals surface area contributed by atoms with Crippen LogP contribution in [-0.2, 0) is 4.79 Å². The van der Waals surface area contributed by atoms with Crippen molar-refractivity contribution in [2.24, 2.45) is 11.7 Å². The van der Waals surface area contributed by atoms with E-state index in [0.29, 0.717) is 0 Å². The third-order valence-corrected chi connectivity index (χ3v) is 1.17. The normalized spacial score (nSPS) is 32.0. The molecular weight excluding hydrogens is 116 g/mol. The Morgan fingerprint density at radius 3 is 2.12 bits per heavy atom.